The molecule has 1 aliphatic heterocycles. The Labute approximate surface area is 408 Å². The van der Waals surface area contributed by atoms with Crippen molar-refractivity contribution in [3.63, 3.8) is 0 Å². The van der Waals surface area contributed by atoms with Gasteiger partial charge >= 0.3 is 5.97 Å². The van der Waals surface area contributed by atoms with Crippen molar-refractivity contribution < 1.29 is 48.0 Å². The highest BCUT2D eigenvalue weighted by atomic mass is 16.5. The fourth-order valence-corrected chi connectivity index (χ4v) is 10.1. The first-order valence-corrected chi connectivity index (χ1v) is 24.8. The van der Waals surface area contributed by atoms with Crippen molar-refractivity contribution in [2.24, 2.45) is 35.5 Å². The topological polar surface area (TPSA) is 152 Å². The van der Waals surface area contributed by atoms with Crippen LogP contribution in [0.1, 0.15) is 117 Å². The average Bonchev–Trinajstić information content (AvgIpc) is 3.80. The van der Waals surface area contributed by atoms with E-state index in [2.05, 4.69) is 32.6 Å². The second-order valence-corrected chi connectivity index (χ2v) is 19.8. The van der Waals surface area contributed by atoms with E-state index in [1.54, 1.807) is 33.3 Å². The van der Waals surface area contributed by atoms with Crippen molar-refractivity contribution in [1.29, 1.82) is 0 Å². The van der Waals surface area contributed by atoms with Gasteiger partial charge in [0.05, 0.1) is 57.1 Å². The quantitative estimate of drug-likeness (QED) is 0.0702. The number of ether oxygens (including phenoxy) is 4. The highest BCUT2D eigenvalue weighted by Crippen LogP contribution is 2.32. The summed E-state index contributed by atoms with van der Waals surface area (Å²) < 4.78 is 23.8. The van der Waals surface area contributed by atoms with Gasteiger partial charge in [-0.1, -0.05) is 116 Å². The molecule has 0 bridgehead atoms. The van der Waals surface area contributed by atoms with Crippen LogP contribution in [0.5, 0.6) is 0 Å². The van der Waals surface area contributed by atoms with Gasteiger partial charge in [-0.3, -0.25) is 28.9 Å². The molecule has 1 fully saturated rings. The van der Waals surface area contributed by atoms with Gasteiger partial charge in [-0.25, -0.2) is 0 Å². The minimum atomic E-state index is -0.876. The lowest BCUT2D eigenvalue weighted by Gasteiger charge is -2.41. The molecule has 3 rings (SSSR count). The van der Waals surface area contributed by atoms with E-state index in [1.807, 2.05) is 93.9 Å². The smallest absolute Gasteiger partial charge is 0.303 e. The summed E-state index contributed by atoms with van der Waals surface area (Å²) in [5.74, 6) is -1.98. The van der Waals surface area contributed by atoms with Crippen molar-refractivity contribution in [3.05, 3.63) is 77.9 Å². The molecule has 0 aromatic heterocycles. The van der Waals surface area contributed by atoms with Gasteiger partial charge in [0.1, 0.15) is 11.5 Å². The number of benzene rings is 2. The number of carbonyl (C=O) groups is 5. The van der Waals surface area contributed by atoms with Crippen molar-refractivity contribution >= 4 is 35.1 Å². The summed E-state index contributed by atoms with van der Waals surface area (Å²) in [6, 6.07) is 16.7. The summed E-state index contributed by atoms with van der Waals surface area (Å²) >= 11 is 0. The van der Waals surface area contributed by atoms with E-state index in [0.29, 0.717) is 51.3 Å². The van der Waals surface area contributed by atoms with Crippen LogP contribution in [0.3, 0.4) is 0 Å². The molecule has 68 heavy (non-hydrogen) atoms. The summed E-state index contributed by atoms with van der Waals surface area (Å²) in [5, 5.41) is 9.16. The molecule has 0 unspecified atom stereocenters. The van der Waals surface area contributed by atoms with E-state index < -0.39 is 42.1 Å². The number of aliphatic carboxylic acids is 1. The molecule has 9 atom stereocenters. The molecule has 13 heteroatoms. The summed E-state index contributed by atoms with van der Waals surface area (Å²) in [6.07, 6.45) is 2.49. The number of carboxylic acids is 1. The number of hydrogen-bond donors (Lipinski definition) is 1. The van der Waals surface area contributed by atoms with Gasteiger partial charge < -0.3 is 33.9 Å². The normalized spacial score (nSPS) is 17.6. The number of likely N-dealkylation sites (tertiary alicyclic amines) is 1. The van der Waals surface area contributed by atoms with Crippen LogP contribution < -0.4 is 0 Å². The maximum atomic E-state index is 14.6. The molecule has 1 heterocycles. The Hall–Kier alpha value is -4.43. The Bertz CT molecular complexity index is 1890. The molecule has 13 nitrogen and oxygen atoms in total. The number of nitrogens with zero attached hydrogens (tertiary/aromatic N) is 3. The van der Waals surface area contributed by atoms with Crippen LogP contribution in [0.2, 0.25) is 0 Å². The van der Waals surface area contributed by atoms with E-state index in [0.717, 1.165) is 29.5 Å². The second-order valence-electron chi connectivity index (χ2n) is 19.8. The number of rotatable bonds is 32. The first kappa shape index (κ1) is 57.9. The lowest BCUT2D eigenvalue weighted by Crippen LogP contribution is -2.54. The highest BCUT2D eigenvalue weighted by Gasteiger charge is 2.43. The SMILES string of the molecule is C=C(OC)c1ccc(COC[C@@H](CC(=O)[C@H](C)[C@@H](OC)[C@@H]2CCCN2C(=O)C[C@@H](OC)[C@H]([C@@H](C)CC)N(C)C(=O)[C@@H](CC(=O)[C@H](C(C)C)N(C)CCCC(=O)O)C(C)C)Cc2ccccc2)cc1. The second kappa shape index (κ2) is 28.9. The zero-order valence-electron chi connectivity index (χ0n) is 43.4. The van der Waals surface area contributed by atoms with Crippen molar-refractivity contribution in [1.82, 2.24) is 14.7 Å². The Balaban J connectivity index is 1.76. The van der Waals surface area contributed by atoms with Crippen LogP contribution in [0.15, 0.2) is 61.2 Å². The van der Waals surface area contributed by atoms with E-state index in [4.69, 9.17) is 24.1 Å². The minimum absolute atomic E-state index is 0.0176. The van der Waals surface area contributed by atoms with Gasteiger partial charge in [-0.2, -0.15) is 0 Å². The van der Waals surface area contributed by atoms with Crippen LogP contribution >= 0.6 is 0 Å². The molecule has 1 aliphatic rings. The number of ketones is 2. The number of methoxy groups -OCH3 is 3. The Morgan fingerprint density at radius 3 is 2.06 bits per heavy atom. The van der Waals surface area contributed by atoms with E-state index >= 15 is 0 Å². The lowest BCUT2D eigenvalue weighted by molar-refractivity contribution is -0.149. The molecular formula is C55H85N3O10. The number of Topliss-reactive ketones (excluding diaryl/α,β-unsaturated/α-hetero) is 2. The Kier molecular flexibility index (Phi) is 24.6. The molecule has 1 N–H and O–H groups in total. The number of amides is 2. The molecule has 0 radical (unpaired) electrons. The number of hydrogen-bond acceptors (Lipinski definition) is 10. The molecule has 0 saturated carbocycles. The van der Waals surface area contributed by atoms with E-state index in [-0.39, 0.29) is 78.8 Å². The standard InChI is InChI=1S/C55H85N3O10/c1-14-38(6)53(57(10)55(64)45(36(2)3)32-48(60)52(37(4)5)56(9)28-19-23-51(62)63)49(66-12)33-50(61)58-29-18-22-46(58)54(67-13)39(7)47(59)31-43(30-41-20-16-15-17-21-41)35-68-34-42-24-26-44(27-25-42)40(8)65-11/h15-17,20-21,24-27,36-39,43,45-46,49,52-54H,8,14,18-19,22-23,28-35H2,1-7,9-13H3,(H,62,63)/t38-,39-,43+,45-,46-,49+,52-,53-,54+/m0/s1. The third-order valence-electron chi connectivity index (χ3n) is 14.2. The fourth-order valence-electron chi connectivity index (χ4n) is 10.1. The molecule has 2 aromatic rings. The van der Waals surface area contributed by atoms with Gasteiger partial charge in [0.15, 0.2) is 5.78 Å². The van der Waals surface area contributed by atoms with Gasteiger partial charge in [-0.15, -0.1) is 0 Å². The average molecular weight is 948 g/mol. The third-order valence-corrected chi connectivity index (χ3v) is 14.2. The molecule has 0 aliphatic carbocycles. The summed E-state index contributed by atoms with van der Waals surface area (Å²) in [6.45, 7) is 19.5. The first-order valence-electron chi connectivity index (χ1n) is 24.8. The monoisotopic (exact) mass is 948 g/mol. The maximum absolute atomic E-state index is 14.6. The van der Waals surface area contributed by atoms with Gasteiger partial charge in [-0.05, 0) is 74.1 Å². The molecule has 380 valence electrons. The number of likely N-dealkylation sites (N-methyl/N-ethyl adjacent to an activating group) is 2. The maximum Gasteiger partial charge on any atom is 0.303 e. The van der Waals surface area contributed by atoms with Crippen LogP contribution in [0.25, 0.3) is 5.76 Å². The van der Waals surface area contributed by atoms with Crippen LogP contribution in [0.4, 0.5) is 0 Å². The lowest BCUT2D eigenvalue weighted by atomic mass is 9.83. The van der Waals surface area contributed by atoms with Crippen LogP contribution in [-0.2, 0) is 55.9 Å². The molecular weight excluding hydrogens is 863 g/mol. The predicted molar refractivity (Wildman–Crippen MR) is 268 cm³/mol. The first-order chi connectivity index (χ1) is 32.3. The van der Waals surface area contributed by atoms with Crippen molar-refractivity contribution in [3.8, 4) is 0 Å². The Morgan fingerprint density at radius 2 is 1.50 bits per heavy atom. The van der Waals surface area contributed by atoms with Gasteiger partial charge in [0.25, 0.3) is 0 Å². The Morgan fingerprint density at radius 1 is 0.838 bits per heavy atom. The fraction of sp³-hybridized carbons (Fsp3) is 0.655. The number of carboxylic acid groups (broad SMARTS) is 1. The van der Waals surface area contributed by atoms with E-state index in [1.165, 1.54) is 0 Å². The summed E-state index contributed by atoms with van der Waals surface area (Å²) in [4.78, 5) is 74.1. The molecule has 2 amide bonds. The summed E-state index contributed by atoms with van der Waals surface area (Å²) in [7, 11) is 8.38. The zero-order chi connectivity index (χ0) is 50.7. The van der Waals surface area contributed by atoms with Crippen molar-refractivity contribution in [2.75, 3.05) is 55.1 Å². The van der Waals surface area contributed by atoms with Gasteiger partial charge in [0, 0.05) is 64.5 Å². The molecule has 1 saturated heterocycles. The highest BCUT2D eigenvalue weighted by molar-refractivity contribution is 5.90. The van der Waals surface area contributed by atoms with Gasteiger partial charge in [0.2, 0.25) is 11.8 Å². The predicted octanol–water partition coefficient (Wildman–Crippen LogP) is 8.61. The van der Waals surface area contributed by atoms with E-state index in [9.17, 15) is 24.0 Å². The molecule has 0 spiro atoms. The van der Waals surface area contributed by atoms with Crippen LogP contribution in [0, 0.1) is 35.5 Å². The largest absolute Gasteiger partial charge is 0.497 e. The zero-order valence-corrected chi connectivity index (χ0v) is 43.4. The van der Waals surface area contributed by atoms with Crippen molar-refractivity contribution in [2.45, 2.75) is 143 Å². The molecule has 2 aromatic carbocycles. The minimum Gasteiger partial charge on any atom is -0.497 e. The van der Waals surface area contributed by atoms with Crippen LogP contribution in [-0.4, -0.2) is 135 Å². The summed E-state index contributed by atoms with van der Waals surface area (Å²) in [5.41, 5.74) is 3.03. The number of carbonyl (C=O) groups excluding carboxylic acids is 4. The third kappa shape index (κ3) is 16.9.